The molecule has 5 heteroatoms. The lowest BCUT2D eigenvalue weighted by Crippen LogP contribution is -2.38. The monoisotopic (exact) mass is 217 g/mol. The lowest BCUT2D eigenvalue weighted by Gasteiger charge is -2.15. The molecule has 0 radical (unpaired) electrons. The summed E-state index contributed by atoms with van der Waals surface area (Å²) < 4.78 is 13.0. The zero-order valence-electron chi connectivity index (χ0n) is 8.97. The average molecular weight is 217 g/mol. The molecule has 0 aromatic heterocycles. The standard InChI is InChI=1S/C10H16FNO3/c1-9(2,11)5-6-12-7(13)10(3-4-10)8(14)15/h3-6H2,1-2H3,(H,12,13)(H,14,15). The van der Waals surface area contributed by atoms with E-state index in [1.165, 1.54) is 13.8 Å². The van der Waals surface area contributed by atoms with Gasteiger partial charge >= 0.3 is 5.97 Å². The maximum absolute atomic E-state index is 13.0. The number of rotatable bonds is 5. The van der Waals surface area contributed by atoms with Crippen LogP contribution in [0.2, 0.25) is 0 Å². The molecule has 0 aliphatic heterocycles. The number of carbonyl (C=O) groups is 2. The molecule has 2 N–H and O–H groups in total. The van der Waals surface area contributed by atoms with Crippen molar-refractivity contribution < 1.29 is 19.1 Å². The van der Waals surface area contributed by atoms with Crippen molar-refractivity contribution in [3.05, 3.63) is 0 Å². The SMILES string of the molecule is CC(C)(F)CCNC(=O)C1(C(=O)O)CC1. The normalized spacial score (nSPS) is 18.3. The van der Waals surface area contributed by atoms with E-state index in [0.29, 0.717) is 12.8 Å². The van der Waals surface area contributed by atoms with Crippen molar-refractivity contribution in [1.82, 2.24) is 5.32 Å². The van der Waals surface area contributed by atoms with Crippen molar-refractivity contribution in [3.63, 3.8) is 0 Å². The van der Waals surface area contributed by atoms with Crippen molar-refractivity contribution in [2.24, 2.45) is 5.41 Å². The molecule has 1 aliphatic rings. The van der Waals surface area contributed by atoms with Crippen molar-refractivity contribution in [1.29, 1.82) is 0 Å². The van der Waals surface area contributed by atoms with Gasteiger partial charge in [0, 0.05) is 6.54 Å². The Morgan fingerprint density at radius 2 is 2.00 bits per heavy atom. The first-order chi connectivity index (χ1) is 6.78. The zero-order valence-corrected chi connectivity index (χ0v) is 8.97. The molecule has 4 nitrogen and oxygen atoms in total. The van der Waals surface area contributed by atoms with Crippen LogP contribution in [0.5, 0.6) is 0 Å². The fraction of sp³-hybridized carbons (Fsp3) is 0.800. The van der Waals surface area contributed by atoms with Crippen molar-refractivity contribution >= 4 is 11.9 Å². The highest BCUT2D eigenvalue weighted by Crippen LogP contribution is 2.46. The quantitative estimate of drug-likeness (QED) is 0.678. The third-order valence-electron chi connectivity index (χ3n) is 2.60. The third kappa shape index (κ3) is 2.91. The minimum atomic E-state index is -1.34. The minimum absolute atomic E-state index is 0.178. The van der Waals surface area contributed by atoms with Gasteiger partial charge in [-0.25, -0.2) is 4.39 Å². The van der Waals surface area contributed by atoms with Gasteiger partial charge in [0.2, 0.25) is 5.91 Å². The van der Waals surface area contributed by atoms with E-state index in [2.05, 4.69) is 5.32 Å². The van der Waals surface area contributed by atoms with Gasteiger partial charge in [-0.15, -0.1) is 0 Å². The number of halogens is 1. The van der Waals surface area contributed by atoms with Crippen LogP contribution in [0.15, 0.2) is 0 Å². The van der Waals surface area contributed by atoms with E-state index < -0.39 is 23.0 Å². The van der Waals surface area contributed by atoms with Gasteiger partial charge in [0.05, 0.1) is 0 Å². The maximum Gasteiger partial charge on any atom is 0.319 e. The lowest BCUT2D eigenvalue weighted by molar-refractivity contribution is -0.149. The van der Waals surface area contributed by atoms with Crippen LogP contribution < -0.4 is 5.32 Å². The predicted octanol–water partition coefficient (Wildman–Crippen LogP) is 1.11. The summed E-state index contributed by atoms with van der Waals surface area (Å²) in [6, 6.07) is 0. The fourth-order valence-electron chi connectivity index (χ4n) is 1.31. The number of carboxylic acid groups (broad SMARTS) is 1. The molecule has 0 bridgehead atoms. The molecule has 1 saturated carbocycles. The van der Waals surface area contributed by atoms with Crippen LogP contribution in [0.1, 0.15) is 33.1 Å². The molecular formula is C10H16FNO3. The summed E-state index contributed by atoms with van der Waals surface area (Å²) in [6.07, 6.45) is 0.953. The van der Waals surface area contributed by atoms with Crippen LogP contribution in [0.4, 0.5) is 4.39 Å². The molecule has 0 unspecified atom stereocenters. The van der Waals surface area contributed by atoms with Crippen LogP contribution in [0.25, 0.3) is 0 Å². The highest BCUT2D eigenvalue weighted by molar-refractivity contribution is 6.04. The van der Waals surface area contributed by atoms with Gasteiger partial charge in [-0.3, -0.25) is 9.59 Å². The number of amides is 1. The largest absolute Gasteiger partial charge is 0.480 e. The van der Waals surface area contributed by atoms with Gasteiger partial charge in [0.15, 0.2) is 0 Å². The lowest BCUT2D eigenvalue weighted by atomic mass is 10.1. The molecule has 1 aliphatic carbocycles. The molecule has 1 rings (SSSR count). The zero-order chi connectivity index (χ0) is 11.7. The molecule has 1 fully saturated rings. The van der Waals surface area contributed by atoms with Crippen molar-refractivity contribution in [3.8, 4) is 0 Å². The molecule has 0 atom stereocenters. The van der Waals surface area contributed by atoms with E-state index in [4.69, 9.17) is 5.11 Å². The van der Waals surface area contributed by atoms with Crippen LogP contribution in [0, 0.1) is 5.41 Å². The maximum atomic E-state index is 13.0. The van der Waals surface area contributed by atoms with Gasteiger partial charge in [-0.1, -0.05) is 0 Å². The molecule has 86 valence electrons. The number of hydrogen-bond acceptors (Lipinski definition) is 2. The van der Waals surface area contributed by atoms with Gasteiger partial charge in [-0.2, -0.15) is 0 Å². The van der Waals surface area contributed by atoms with E-state index in [1.54, 1.807) is 0 Å². The Hall–Kier alpha value is -1.13. The molecule has 0 aromatic carbocycles. The second-order valence-corrected chi connectivity index (χ2v) is 4.61. The second-order valence-electron chi connectivity index (χ2n) is 4.61. The average Bonchev–Trinajstić information content (AvgIpc) is 2.80. The predicted molar refractivity (Wildman–Crippen MR) is 52.1 cm³/mol. The Morgan fingerprint density at radius 1 is 1.47 bits per heavy atom. The van der Waals surface area contributed by atoms with Crippen LogP contribution in [-0.2, 0) is 9.59 Å². The van der Waals surface area contributed by atoms with Crippen LogP contribution in [-0.4, -0.2) is 29.2 Å². The summed E-state index contributed by atoms with van der Waals surface area (Å²) in [4.78, 5) is 22.2. The molecule has 0 saturated heterocycles. The topological polar surface area (TPSA) is 66.4 Å². The van der Waals surface area contributed by atoms with Gasteiger partial charge < -0.3 is 10.4 Å². The van der Waals surface area contributed by atoms with Gasteiger partial charge in [0.1, 0.15) is 11.1 Å². The van der Waals surface area contributed by atoms with Crippen LogP contribution >= 0.6 is 0 Å². The molecule has 1 amide bonds. The van der Waals surface area contributed by atoms with E-state index in [9.17, 15) is 14.0 Å². The number of aliphatic carboxylic acids is 1. The smallest absolute Gasteiger partial charge is 0.319 e. The Morgan fingerprint density at radius 3 is 2.33 bits per heavy atom. The molecule has 15 heavy (non-hydrogen) atoms. The van der Waals surface area contributed by atoms with Crippen molar-refractivity contribution in [2.45, 2.75) is 38.8 Å². The molecular weight excluding hydrogens is 201 g/mol. The number of carbonyl (C=O) groups excluding carboxylic acids is 1. The summed E-state index contributed by atoms with van der Waals surface area (Å²) in [5.74, 6) is -1.57. The summed E-state index contributed by atoms with van der Waals surface area (Å²) in [5.41, 5.74) is -2.56. The first-order valence-corrected chi connectivity index (χ1v) is 4.99. The minimum Gasteiger partial charge on any atom is -0.480 e. The first kappa shape index (κ1) is 11.9. The molecule has 0 aromatic rings. The number of nitrogens with one attached hydrogen (secondary N) is 1. The molecule has 0 heterocycles. The van der Waals surface area contributed by atoms with E-state index >= 15 is 0 Å². The fourth-order valence-corrected chi connectivity index (χ4v) is 1.31. The number of hydrogen-bond donors (Lipinski definition) is 2. The Kier molecular flexibility index (Phi) is 3.02. The molecule has 0 spiro atoms. The van der Waals surface area contributed by atoms with E-state index in [-0.39, 0.29) is 13.0 Å². The van der Waals surface area contributed by atoms with E-state index in [0.717, 1.165) is 0 Å². The summed E-state index contributed by atoms with van der Waals surface area (Å²) in [5, 5.41) is 11.3. The Bertz CT molecular complexity index is 279. The third-order valence-corrected chi connectivity index (χ3v) is 2.60. The summed E-state index contributed by atoms with van der Waals surface area (Å²) in [7, 11) is 0. The van der Waals surface area contributed by atoms with Gasteiger partial charge in [-0.05, 0) is 33.1 Å². The van der Waals surface area contributed by atoms with Gasteiger partial charge in [0.25, 0.3) is 0 Å². The highest BCUT2D eigenvalue weighted by atomic mass is 19.1. The Labute approximate surface area is 87.9 Å². The second kappa shape index (κ2) is 3.79. The number of carboxylic acids is 1. The van der Waals surface area contributed by atoms with Crippen molar-refractivity contribution in [2.75, 3.05) is 6.54 Å². The number of alkyl halides is 1. The van der Waals surface area contributed by atoms with Crippen LogP contribution in [0.3, 0.4) is 0 Å². The highest BCUT2D eigenvalue weighted by Gasteiger charge is 2.56. The summed E-state index contributed by atoms with van der Waals surface area (Å²) in [6.45, 7) is 3.02. The van der Waals surface area contributed by atoms with E-state index in [1.807, 2.05) is 0 Å². The Balaban J connectivity index is 2.35. The summed E-state index contributed by atoms with van der Waals surface area (Å²) >= 11 is 0. The first-order valence-electron chi connectivity index (χ1n) is 4.99.